The quantitative estimate of drug-likeness (QED) is 0.805. The van der Waals surface area contributed by atoms with Gasteiger partial charge in [-0.3, -0.25) is 0 Å². The number of aromatic nitrogens is 2. The van der Waals surface area contributed by atoms with E-state index < -0.39 is 10.0 Å². The Morgan fingerprint density at radius 1 is 1.14 bits per heavy atom. The van der Waals surface area contributed by atoms with Crippen LogP contribution in [-0.4, -0.2) is 22.5 Å². The van der Waals surface area contributed by atoms with E-state index in [1.807, 2.05) is 19.9 Å². The van der Waals surface area contributed by atoms with Gasteiger partial charge in [-0.15, -0.1) is 0 Å². The molecule has 0 bridgehead atoms. The lowest BCUT2D eigenvalue weighted by Gasteiger charge is -2.10. The summed E-state index contributed by atoms with van der Waals surface area (Å²) in [5.74, 6) is 0. The fourth-order valence-electron chi connectivity index (χ4n) is 2.45. The van der Waals surface area contributed by atoms with Crippen molar-refractivity contribution >= 4 is 21.1 Å². The Labute approximate surface area is 128 Å². The summed E-state index contributed by atoms with van der Waals surface area (Å²) in [7, 11) is -3.80. The van der Waals surface area contributed by atoms with Crippen molar-refractivity contribution in [1.29, 1.82) is 0 Å². The van der Waals surface area contributed by atoms with Crippen LogP contribution in [0.2, 0.25) is 0 Å². The van der Waals surface area contributed by atoms with Crippen LogP contribution in [0.5, 0.6) is 0 Å². The molecule has 0 fully saturated rings. The maximum Gasteiger partial charge on any atom is 0.269 e. The Kier molecular flexibility index (Phi) is 3.50. The van der Waals surface area contributed by atoms with Crippen LogP contribution in [0.4, 0.5) is 0 Å². The van der Waals surface area contributed by atoms with E-state index in [4.69, 9.17) is 0 Å². The first-order valence-electron chi connectivity index (χ1n) is 6.84. The molecule has 5 nitrogen and oxygen atoms in total. The van der Waals surface area contributed by atoms with Gasteiger partial charge in [-0.25, -0.2) is 17.4 Å². The van der Waals surface area contributed by atoms with Crippen LogP contribution in [0.25, 0.3) is 11.0 Å². The van der Waals surface area contributed by atoms with Gasteiger partial charge in [-0.1, -0.05) is 17.7 Å². The summed E-state index contributed by atoms with van der Waals surface area (Å²) in [5.41, 5.74) is 2.53. The van der Waals surface area contributed by atoms with Crippen molar-refractivity contribution in [1.82, 2.24) is 8.96 Å². The van der Waals surface area contributed by atoms with Gasteiger partial charge in [0.15, 0.2) is 5.65 Å². The molecule has 2 heterocycles. The Morgan fingerprint density at radius 3 is 2.45 bits per heavy atom. The van der Waals surface area contributed by atoms with Crippen LogP contribution in [-0.2, 0) is 16.6 Å². The monoisotopic (exact) mass is 316 g/mol. The zero-order valence-electron chi connectivity index (χ0n) is 12.3. The molecule has 0 aliphatic heterocycles. The summed E-state index contributed by atoms with van der Waals surface area (Å²) in [6, 6.07) is 10.1. The molecular weight excluding hydrogens is 300 g/mol. The molecule has 1 N–H and O–H groups in total. The number of aliphatic hydroxyl groups excluding tert-OH is 1. The number of rotatable bonds is 3. The van der Waals surface area contributed by atoms with Gasteiger partial charge in [0, 0.05) is 11.6 Å². The highest BCUT2D eigenvalue weighted by Crippen LogP contribution is 2.26. The van der Waals surface area contributed by atoms with Crippen molar-refractivity contribution in [3.8, 4) is 0 Å². The minimum atomic E-state index is -3.80. The molecule has 3 aromatic rings. The van der Waals surface area contributed by atoms with E-state index in [-0.39, 0.29) is 11.5 Å². The normalized spacial score (nSPS) is 12.0. The molecular formula is C16H16N2O3S. The third-order valence-corrected chi connectivity index (χ3v) is 5.43. The number of aliphatic hydroxyl groups is 1. The SMILES string of the molecule is Cc1ccc(S(=O)(=O)n2c(CO)cc3c(C)ccnc32)cc1. The fraction of sp³-hybridized carbons (Fsp3) is 0.188. The van der Waals surface area contributed by atoms with Crippen molar-refractivity contribution < 1.29 is 13.5 Å². The second kappa shape index (κ2) is 5.23. The molecule has 6 heteroatoms. The molecule has 0 unspecified atom stereocenters. The predicted octanol–water partition coefficient (Wildman–Crippen LogP) is 2.38. The van der Waals surface area contributed by atoms with E-state index in [0.717, 1.165) is 20.5 Å². The van der Waals surface area contributed by atoms with Crippen LogP contribution in [0.1, 0.15) is 16.8 Å². The van der Waals surface area contributed by atoms with E-state index in [0.29, 0.717) is 11.3 Å². The van der Waals surface area contributed by atoms with Crippen LogP contribution in [0, 0.1) is 13.8 Å². The zero-order chi connectivity index (χ0) is 15.9. The number of benzene rings is 1. The van der Waals surface area contributed by atoms with Crippen LogP contribution in [0.15, 0.2) is 47.5 Å². The third kappa shape index (κ3) is 2.20. The molecule has 114 valence electrons. The minimum Gasteiger partial charge on any atom is -0.390 e. The molecule has 0 radical (unpaired) electrons. The van der Waals surface area contributed by atoms with E-state index in [2.05, 4.69) is 4.98 Å². The number of hydrogen-bond donors (Lipinski definition) is 1. The first-order valence-corrected chi connectivity index (χ1v) is 8.28. The number of nitrogens with zero attached hydrogens (tertiary/aromatic N) is 2. The fourth-order valence-corrected chi connectivity index (χ4v) is 3.93. The highest BCUT2D eigenvalue weighted by molar-refractivity contribution is 7.90. The van der Waals surface area contributed by atoms with E-state index in [1.54, 1.807) is 36.5 Å². The molecule has 0 aliphatic rings. The van der Waals surface area contributed by atoms with Gasteiger partial charge in [0.25, 0.3) is 10.0 Å². The lowest BCUT2D eigenvalue weighted by molar-refractivity contribution is 0.276. The highest BCUT2D eigenvalue weighted by atomic mass is 32.2. The Bertz CT molecular complexity index is 941. The van der Waals surface area contributed by atoms with Crippen LogP contribution in [0.3, 0.4) is 0 Å². The second-order valence-electron chi connectivity index (χ2n) is 5.24. The second-order valence-corrected chi connectivity index (χ2v) is 7.03. The van der Waals surface area contributed by atoms with Crippen LogP contribution < -0.4 is 0 Å². The van der Waals surface area contributed by atoms with Crippen LogP contribution >= 0.6 is 0 Å². The molecule has 0 spiro atoms. The standard InChI is InChI=1S/C16H16N2O3S/c1-11-3-5-14(6-4-11)22(20,21)18-13(10-19)9-15-12(2)7-8-17-16(15)18/h3-9,19H,10H2,1-2H3. The van der Waals surface area contributed by atoms with Crippen molar-refractivity contribution in [2.24, 2.45) is 0 Å². The number of aryl methyl sites for hydroxylation is 2. The molecule has 0 aliphatic carbocycles. The molecule has 0 saturated heterocycles. The maximum absolute atomic E-state index is 12.9. The van der Waals surface area contributed by atoms with Gasteiger partial charge >= 0.3 is 0 Å². The summed E-state index contributed by atoms with van der Waals surface area (Å²) in [6.07, 6.45) is 1.57. The van der Waals surface area contributed by atoms with Gasteiger partial charge < -0.3 is 5.11 Å². The van der Waals surface area contributed by atoms with Gasteiger partial charge in [-0.05, 0) is 43.7 Å². The summed E-state index contributed by atoms with van der Waals surface area (Å²) in [6.45, 7) is 3.40. The molecule has 2 aromatic heterocycles. The Hall–Kier alpha value is -2.18. The van der Waals surface area contributed by atoms with E-state index in [1.165, 1.54) is 0 Å². The topological polar surface area (TPSA) is 72.2 Å². The van der Waals surface area contributed by atoms with Gasteiger partial charge in [0.1, 0.15) is 0 Å². The van der Waals surface area contributed by atoms with Gasteiger partial charge in [0.2, 0.25) is 0 Å². The summed E-state index contributed by atoms with van der Waals surface area (Å²) in [4.78, 5) is 4.37. The Morgan fingerprint density at radius 2 is 1.82 bits per heavy atom. The third-order valence-electron chi connectivity index (χ3n) is 3.67. The molecule has 1 aromatic carbocycles. The number of hydrogen-bond acceptors (Lipinski definition) is 4. The molecule has 0 amide bonds. The molecule has 0 atom stereocenters. The lowest BCUT2D eigenvalue weighted by Crippen LogP contribution is -2.16. The highest BCUT2D eigenvalue weighted by Gasteiger charge is 2.23. The summed E-state index contributed by atoms with van der Waals surface area (Å²) in [5, 5.41) is 10.3. The lowest BCUT2D eigenvalue weighted by atomic mass is 10.2. The van der Waals surface area contributed by atoms with Crippen molar-refractivity contribution in [2.45, 2.75) is 25.3 Å². The Balaban J connectivity index is 2.33. The van der Waals surface area contributed by atoms with Crippen molar-refractivity contribution in [3.05, 3.63) is 59.4 Å². The molecule has 22 heavy (non-hydrogen) atoms. The average molecular weight is 316 g/mol. The number of pyridine rings is 1. The smallest absolute Gasteiger partial charge is 0.269 e. The minimum absolute atomic E-state index is 0.175. The summed E-state index contributed by atoms with van der Waals surface area (Å²) >= 11 is 0. The van der Waals surface area contributed by atoms with Gasteiger partial charge in [-0.2, -0.15) is 0 Å². The first kappa shape index (κ1) is 14.7. The van der Waals surface area contributed by atoms with Gasteiger partial charge in [0.05, 0.1) is 17.2 Å². The number of fused-ring (bicyclic) bond motifs is 1. The van der Waals surface area contributed by atoms with Crippen molar-refractivity contribution in [3.63, 3.8) is 0 Å². The van der Waals surface area contributed by atoms with Crippen molar-refractivity contribution in [2.75, 3.05) is 0 Å². The molecule has 3 rings (SSSR count). The molecule has 0 saturated carbocycles. The average Bonchev–Trinajstić information content (AvgIpc) is 2.88. The maximum atomic E-state index is 12.9. The summed E-state index contributed by atoms with van der Waals surface area (Å²) < 4.78 is 27.0. The predicted molar refractivity (Wildman–Crippen MR) is 84.2 cm³/mol. The zero-order valence-corrected chi connectivity index (χ0v) is 13.1. The van der Waals surface area contributed by atoms with E-state index >= 15 is 0 Å². The van der Waals surface area contributed by atoms with E-state index in [9.17, 15) is 13.5 Å². The largest absolute Gasteiger partial charge is 0.390 e. The first-order chi connectivity index (χ1) is 10.4.